The lowest BCUT2D eigenvalue weighted by Crippen LogP contribution is -2.38. The minimum Gasteiger partial charge on any atom is -0.411 e. The Morgan fingerprint density at radius 1 is 1.39 bits per heavy atom. The lowest BCUT2D eigenvalue weighted by Gasteiger charge is -2.25. The molecule has 5 nitrogen and oxygen atoms in total. The highest BCUT2D eigenvalue weighted by atomic mass is 32.2. The molecule has 0 atom stereocenters. The molecule has 0 amide bonds. The van der Waals surface area contributed by atoms with Crippen LogP contribution in [0.5, 0.6) is 0 Å². The van der Waals surface area contributed by atoms with E-state index in [9.17, 15) is 8.42 Å². The second kappa shape index (κ2) is 5.38. The molecule has 1 aliphatic heterocycles. The molecule has 1 aromatic rings. The monoisotopic (exact) mass is 288 g/mol. The van der Waals surface area contributed by atoms with E-state index in [0.717, 1.165) is 11.3 Å². The molecule has 0 bridgehead atoms. The van der Waals surface area contributed by atoms with Gasteiger partial charge in [-0.25, -0.2) is 8.42 Å². The average molecular weight is 288 g/mol. The standard InChI is InChI=1S/C11H16N2O3S2/c1-2-10-3-4-11(17-10)18(15,16)13-7-5-9(12-14)6-8-13/h3-4,14H,2,5-8H2,1H3. The first-order valence-corrected chi connectivity index (χ1v) is 8.12. The fourth-order valence-electron chi connectivity index (χ4n) is 1.90. The Morgan fingerprint density at radius 3 is 2.56 bits per heavy atom. The maximum atomic E-state index is 12.3. The molecule has 1 aromatic heterocycles. The van der Waals surface area contributed by atoms with Crippen molar-refractivity contribution in [3.8, 4) is 0 Å². The number of hydrogen-bond acceptors (Lipinski definition) is 5. The molecule has 2 heterocycles. The van der Waals surface area contributed by atoms with Crippen LogP contribution >= 0.6 is 11.3 Å². The summed E-state index contributed by atoms with van der Waals surface area (Å²) in [5.74, 6) is 0. The summed E-state index contributed by atoms with van der Waals surface area (Å²) < 4.78 is 26.6. The molecule has 1 N–H and O–H groups in total. The van der Waals surface area contributed by atoms with Gasteiger partial charge in [0.1, 0.15) is 4.21 Å². The Kier molecular flexibility index (Phi) is 4.04. The molecule has 0 saturated carbocycles. The van der Waals surface area contributed by atoms with Crippen LogP contribution in [0, 0.1) is 0 Å². The van der Waals surface area contributed by atoms with Crippen LogP contribution < -0.4 is 0 Å². The van der Waals surface area contributed by atoms with E-state index >= 15 is 0 Å². The predicted octanol–water partition coefficient (Wildman–Crippen LogP) is 1.93. The van der Waals surface area contributed by atoms with E-state index in [-0.39, 0.29) is 0 Å². The van der Waals surface area contributed by atoms with Gasteiger partial charge in [-0.1, -0.05) is 12.1 Å². The number of piperidine rings is 1. The first-order valence-electron chi connectivity index (χ1n) is 5.86. The molecule has 7 heteroatoms. The van der Waals surface area contributed by atoms with Crippen molar-refractivity contribution in [3.63, 3.8) is 0 Å². The summed E-state index contributed by atoms with van der Waals surface area (Å²) in [4.78, 5) is 1.07. The van der Waals surface area contributed by atoms with Crippen molar-refractivity contribution in [2.45, 2.75) is 30.4 Å². The molecule has 100 valence electrons. The second-order valence-corrected chi connectivity index (χ2v) is 7.48. The summed E-state index contributed by atoms with van der Waals surface area (Å²) in [7, 11) is -3.37. The van der Waals surface area contributed by atoms with Gasteiger partial charge in [-0.15, -0.1) is 11.3 Å². The Labute approximate surface area is 111 Å². The number of oxime groups is 1. The van der Waals surface area contributed by atoms with Crippen LogP contribution in [0.2, 0.25) is 0 Å². The second-order valence-electron chi connectivity index (χ2n) is 4.14. The maximum Gasteiger partial charge on any atom is 0.252 e. The molecule has 0 spiro atoms. The number of thiophene rings is 1. The zero-order valence-electron chi connectivity index (χ0n) is 10.2. The normalized spacial score (nSPS) is 17.9. The lowest BCUT2D eigenvalue weighted by atomic mass is 10.1. The highest BCUT2D eigenvalue weighted by Gasteiger charge is 2.29. The van der Waals surface area contributed by atoms with Crippen molar-refractivity contribution in [3.05, 3.63) is 17.0 Å². The smallest absolute Gasteiger partial charge is 0.252 e. The van der Waals surface area contributed by atoms with Gasteiger partial charge in [0.2, 0.25) is 0 Å². The number of aryl methyl sites for hydroxylation is 1. The summed E-state index contributed by atoms with van der Waals surface area (Å²) in [6.07, 6.45) is 1.85. The minimum atomic E-state index is -3.37. The average Bonchev–Trinajstić information content (AvgIpc) is 2.88. The molecule has 0 radical (unpaired) electrons. The molecule has 18 heavy (non-hydrogen) atoms. The Balaban J connectivity index is 2.17. The maximum absolute atomic E-state index is 12.3. The molecule has 2 rings (SSSR count). The topological polar surface area (TPSA) is 70.0 Å². The summed E-state index contributed by atoms with van der Waals surface area (Å²) in [6, 6.07) is 3.54. The highest BCUT2D eigenvalue weighted by Crippen LogP contribution is 2.26. The Bertz CT molecular complexity index is 538. The van der Waals surface area contributed by atoms with E-state index < -0.39 is 10.0 Å². The van der Waals surface area contributed by atoms with Gasteiger partial charge < -0.3 is 5.21 Å². The molecule has 0 unspecified atom stereocenters. The van der Waals surface area contributed by atoms with E-state index in [1.807, 2.05) is 13.0 Å². The third-order valence-electron chi connectivity index (χ3n) is 3.02. The van der Waals surface area contributed by atoms with E-state index in [0.29, 0.717) is 35.9 Å². The molecular weight excluding hydrogens is 272 g/mol. The van der Waals surface area contributed by atoms with Crippen LogP contribution in [0.4, 0.5) is 0 Å². The van der Waals surface area contributed by atoms with Gasteiger partial charge in [0.25, 0.3) is 10.0 Å². The summed E-state index contributed by atoms with van der Waals surface area (Å²) in [6.45, 7) is 2.79. The van der Waals surface area contributed by atoms with Gasteiger partial charge in [-0.3, -0.25) is 0 Å². The fourth-order valence-corrected chi connectivity index (χ4v) is 4.79. The van der Waals surface area contributed by atoms with Crippen LogP contribution in [0.1, 0.15) is 24.6 Å². The van der Waals surface area contributed by atoms with Gasteiger partial charge in [0, 0.05) is 30.8 Å². The number of sulfonamides is 1. The SMILES string of the molecule is CCc1ccc(S(=O)(=O)N2CCC(=NO)CC2)s1. The van der Waals surface area contributed by atoms with Crippen LogP contribution in [0.25, 0.3) is 0 Å². The molecule has 1 fully saturated rings. The third kappa shape index (κ3) is 2.57. The van der Waals surface area contributed by atoms with Crippen molar-refractivity contribution in [2.75, 3.05) is 13.1 Å². The van der Waals surface area contributed by atoms with Crippen molar-refractivity contribution in [1.29, 1.82) is 0 Å². The summed E-state index contributed by atoms with van der Waals surface area (Å²) in [5.41, 5.74) is 0.668. The van der Waals surface area contributed by atoms with E-state index in [1.54, 1.807) is 6.07 Å². The number of rotatable bonds is 3. The van der Waals surface area contributed by atoms with Gasteiger partial charge in [0.15, 0.2) is 0 Å². The van der Waals surface area contributed by atoms with E-state index in [1.165, 1.54) is 15.6 Å². The third-order valence-corrected chi connectivity index (χ3v) is 6.62. The van der Waals surface area contributed by atoms with Crippen molar-refractivity contribution in [2.24, 2.45) is 5.16 Å². The molecular formula is C11H16N2O3S2. The first-order chi connectivity index (χ1) is 8.57. The lowest BCUT2D eigenvalue weighted by molar-refractivity contribution is 0.310. The van der Waals surface area contributed by atoms with Crippen molar-refractivity contribution in [1.82, 2.24) is 4.31 Å². The predicted molar refractivity (Wildman–Crippen MR) is 70.9 cm³/mol. The zero-order chi connectivity index (χ0) is 13.2. The molecule has 1 saturated heterocycles. The fraction of sp³-hybridized carbons (Fsp3) is 0.545. The van der Waals surface area contributed by atoms with Gasteiger partial charge in [-0.2, -0.15) is 4.31 Å². The van der Waals surface area contributed by atoms with Gasteiger partial charge in [-0.05, 0) is 18.6 Å². The van der Waals surface area contributed by atoms with E-state index in [2.05, 4.69) is 5.16 Å². The summed E-state index contributed by atoms with van der Waals surface area (Å²) >= 11 is 1.33. The van der Waals surface area contributed by atoms with Crippen LogP contribution in [0.3, 0.4) is 0 Å². The van der Waals surface area contributed by atoms with Crippen LogP contribution in [-0.2, 0) is 16.4 Å². The Morgan fingerprint density at radius 2 is 2.06 bits per heavy atom. The van der Waals surface area contributed by atoms with Crippen LogP contribution in [0.15, 0.2) is 21.5 Å². The molecule has 0 aliphatic carbocycles. The van der Waals surface area contributed by atoms with Gasteiger partial charge >= 0.3 is 0 Å². The number of hydrogen-bond donors (Lipinski definition) is 1. The van der Waals surface area contributed by atoms with Crippen molar-refractivity contribution >= 4 is 27.1 Å². The van der Waals surface area contributed by atoms with Gasteiger partial charge in [0.05, 0.1) is 5.71 Å². The quantitative estimate of drug-likeness (QED) is 0.682. The van der Waals surface area contributed by atoms with Crippen LogP contribution in [-0.4, -0.2) is 36.7 Å². The highest BCUT2D eigenvalue weighted by molar-refractivity contribution is 7.91. The Hall–Kier alpha value is -0.920. The zero-order valence-corrected chi connectivity index (χ0v) is 11.8. The first kappa shape index (κ1) is 13.5. The van der Waals surface area contributed by atoms with E-state index in [4.69, 9.17) is 5.21 Å². The molecule has 0 aromatic carbocycles. The number of nitrogens with zero attached hydrogens (tertiary/aromatic N) is 2. The minimum absolute atomic E-state index is 0.390. The van der Waals surface area contributed by atoms with Crippen molar-refractivity contribution < 1.29 is 13.6 Å². The largest absolute Gasteiger partial charge is 0.411 e. The summed E-state index contributed by atoms with van der Waals surface area (Å²) in [5, 5.41) is 11.8. The molecule has 1 aliphatic rings.